The third kappa shape index (κ3) is 4.64. The molecule has 0 radical (unpaired) electrons. The van der Waals surface area contributed by atoms with Crippen LogP contribution in [-0.4, -0.2) is 45.9 Å². The van der Waals surface area contributed by atoms with Gasteiger partial charge in [-0.15, -0.1) is 6.42 Å². The van der Waals surface area contributed by atoms with E-state index in [0.29, 0.717) is 22.4 Å². The molecule has 0 aliphatic carbocycles. The van der Waals surface area contributed by atoms with Crippen molar-refractivity contribution in [2.24, 2.45) is 0 Å². The Balaban J connectivity index is 1.90. The average molecular weight is 419 g/mol. The fourth-order valence-electron chi connectivity index (χ4n) is 3.37. The van der Waals surface area contributed by atoms with Gasteiger partial charge in [-0.1, -0.05) is 12.0 Å². The van der Waals surface area contributed by atoms with E-state index in [1.165, 1.54) is 9.58 Å². The molecular weight excluding hydrogens is 399 g/mol. The zero-order valence-corrected chi connectivity index (χ0v) is 16.3. The van der Waals surface area contributed by atoms with Crippen molar-refractivity contribution in [3.8, 4) is 12.3 Å². The molecule has 2 heterocycles. The fourth-order valence-corrected chi connectivity index (χ4v) is 3.37. The Labute approximate surface area is 171 Å². The second-order valence-corrected chi connectivity index (χ2v) is 6.78. The number of carbonyl (C=O) groups excluding carboxylic acids is 2. The highest BCUT2D eigenvalue weighted by atomic mass is 19.4. The van der Waals surface area contributed by atoms with E-state index in [2.05, 4.69) is 11.0 Å². The van der Waals surface area contributed by atoms with E-state index in [4.69, 9.17) is 11.2 Å². The van der Waals surface area contributed by atoms with Crippen molar-refractivity contribution < 1.29 is 27.5 Å². The lowest BCUT2D eigenvalue weighted by atomic mass is 10.0. The van der Waals surface area contributed by atoms with Crippen LogP contribution >= 0.6 is 0 Å². The molecule has 1 aliphatic heterocycles. The molecule has 0 fully saturated rings. The van der Waals surface area contributed by atoms with E-state index in [-0.39, 0.29) is 37.7 Å². The molecule has 30 heavy (non-hydrogen) atoms. The van der Waals surface area contributed by atoms with Crippen LogP contribution < -0.4 is 0 Å². The van der Waals surface area contributed by atoms with Gasteiger partial charge < -0.3 is 9.64 Å². The molecule has 158 valence electrons. The van der Waals surface area contributed by atoms with Gasteiger partial charge in [0, 0.05) is 41.9 Å². The van der Waals surface area contributed by atoms with Crippen LogP contribution in [0.3, 0.4) is 0 Å². The van der Waals surface area contributed by atoms with Crippen molar-refractivity contribution in [3.63, 3.8) is 0 Å². The minimum atomic E-state index is -4.35. The molecule has 9 heteroatoms. The van der Waals surface area contributed by atoms with E-state index < -0.39 is 25.1 Å². The number of aryl methyl sites for hydroxylation is 1. The standard InChI is InChI=1S/C21H20F3N3O3/c1-3-14-6-5-7-15(12-14)19(28)26-10-8-17-16(13-26)18(20(29)30-4-2)25-27(17)11-9-21(22,23)24/h1,5-7,12H,4,8-11,13H2,2H3. The van der Waals surface area contributed by atoms with Crippen LogP contribution in [-0.2, 0) is 24.2 Å². The zero-order chi connectivity index (χ0) is 21.9. The highest BCUT2D eigenvalue weighted by Crippen LogP contribution is 2.27. The molecule has 0 N–H and O–H groups in total. The Morgan fingerprint density at radius 3 is 2.77 bits per heavy atom. The van der Waals surface area contributed by atoms with Crippen LogP contribution in [0.1, 0.15) is 51.0 Å². The number of terminal acetylenes is 1. The molecular formula is C21H20F3N3O3. The third-order valence-corrected chi connectivity index (χ3v) is 4.77. The summed E-state index contributed by atoms with van der Waals surface area (Å²) in [5.74, 6) is 1.47. The highest BCUT2D eigenvalue weighted by molar-refractivity contribution is 5.95. The van der Waals surface area contributed by atoms with Crippen LogP contribution in [0, 0.1) is 12.3 Å². The van der Waals surface area contributed by atoms with Gasteiger partial charge in [0.15, 0.2) is 5.69 Å². The quantitative estimate of drug-likeness (QED) is 0.552. The summed E-state index contributed by atoms with van der Waals surface area (Å²) in [6.45, 7) is 1.66. The maximum atomic E-state index is 12.9. The lowest BCUT2D eigenvalue weighted by Crippen LogP contribution is -2.37. The Hall–Kier alpha value is -3.28. The number of aromatic nitrogens is 2. The summed E-state index contributed by atoms with van der Waals surface area (Å²) in [6.07, 6.45) is 0.254. The number of benzene rings is 1. The smallest absolute Gasteiger partial charge is 0.390 e. The maximum Gasteiger partial charge on any atom is 0.390 e. The number of rotatable bonds is 5. The van der Waals surface area contributed by atoms with E-state index in [0.717, 1.165) is 0 Å². The highest BCUT2D eigenvalue weighted by Gasteiger charge is 2.33. The summed E-state index contributed by atoms with van der Waals surface area (Å²) in [5.41, 5.74) is 1.85. The fraction of sp³-hybridized carbons (Fsp3) is 0.381. The van der Waals surface area contributed by atoms with Crippen LogP contribution in [0.2, 0.25) is 0 Å². The molecule has 1 amide bonds. The van der Waals surface area contributed by atoms with E-state index in [1.54, 1.807) is 31.2 Å². The van der Waals surface area contributed by atoms with Gasteiger partial charge in [0.25, 0.3) is 5.91 Å². The van der Waals surface area contributed by atoms with E-state index in [1.807, 2.05) is 0 Å². The largest absolute Gasteiger partial charge is 0.461 e. The molecule has 2 aromatic rings. The third-order valence-electron chi connectivity index (χ3n) is 4.77. The first-order chi connectivity index (χ1) is 14.2. The SMILES string of the molecule is C#Cc1cccc(C(=O)N2CCc3c(c(C(=O)OCC)nn3CCC(F)(F)F)C2)c1. The maximum absolute atomic E-state index is 12.9. The number of carbonyl (C=O) groups is 2. The molecule has 1 aromatic carbocycles. The normalized spacial score (nSPS) is 13.5. The van der Waals surface area contributed by atoms with Crippen LogP contribution in [0.4, 0.5) is 13.2 Å². The zero-order valence-electron chi connectivity index (χ0n) is 16.3. The van der Waals surface area contributed by atoms with Gasteiger partial charge in [-0.25, -0.2) is 4.79 Å². The molecule has 0 unspecified atom stereocenters. The predicted octanol–water partition coefficient (Wildman–Crippen LogP) is 3.19. The van der Waals surface area contributed by atoms with Crippen molar-refractivity contribution in [1.82, 2.24) is 14.7 Å². The number of fused-ring (bicyclic) bond motifs is 1. The molecule has 0 bridgehead atoms. The van der Waals surface area contributed by atoms with Gasteiger partial charge in [0.2, 0.25) is 0 Å². The summed E-state index contributed by atoms with van der Waals surface area (Å²) in [6, 6.07) is 6.61. The molecule has 3 rings (SSSR count). The predicted molar refractivity (Wildman–Crippen MR) is 102 cm³/mol. The van der Waals surface area contributed by atoms with Gasteiger partial charge in [-0.2, -0.15) is 18.3 Å². The van der Waals surface area contributed by atoms with Crippen molar-refractivity contribution in [2.45, 2.75) is 39.0 Å². The number of ether oxygens (including phenoxy) is 1. The monoisotopic (exact) mass is 419 g/mol. The van der Waals surface area contributed by atoms with Crippen molar-refractivity contribution in [2.75, 3.05) is 13.2 Å². The summed E-state index contributed by atoms with van der Waals surface area (Å²) < 4.78 is 44.2. The number of amides is 1. The topological polar surface area (TPSA) is 64.4 Å². The first-order valence-electron chi connectivity index (χ1n) is 9.42. The molecule has 0 saturated heterocycles. The molecule has 1 aliphatic rings. The number of esters is 1. The first kappa shape index (κ1) is 21.4. The van der Waals surface area contributed by atoms with Gasteiger partial charge in [-0.05, 0) is 25.1 Å². The number of nitrogens with zero attached hydrogens (tertiary/aromatic N) is 3. The molecule has 0 spiro atoms. The summed E-state index contributed by atoms with van der Waals surface area (Å²) in [5, 5.41) is 4.08. The molecule has 0 atom stereocenters. The minimum Gasteiger partial charge on any atom is -0.461 e. The van der Waals surface area contributed by atoms with Gasteiger partial charge in [-0.3, -0.25) is 9.48 Å². The van der Waals surface area contributed by atoms with E-state index >= 15 is 0 Å². The van der Waals surface area contributed by atoms with Crippen LogP contribution in [0.25, 0.3) is 0 Å². The number of hydrogen-bond acceptors (Lipinski definition) is 4. The second-order valence-electron chi connectivity index (χ2n) is 6.78. The number of alkyl halides is 3. The second kappa shape index (κ2) is 8.61. The van der Waals surface area contributed by atoms with E-state index in [9.17, 15) is 22.8 Å². The number of halogens is 3. The van der Waals surface area contributed by atoms with Crippen molar-refractivity contribution in [1.29, 1.82) is 0 Å². The average Bonchev–Trinajstić information content (AvgIpc) is 3.09. The van der Waals surface area contributed by atoms with Crippen molar-refractivity contribution >= 4 is 11.9 Å². The van der Waals surface area contributed by atoms with Gasteiger partial charge in [0.05, 0.1) is 19.6 Å². The van der Waals surface area contributed by atoms with Gasteiger partial charge >= 0.3 is 12.1 Å². The summed E-state index contributed by atoms with van der Waals surface area (Å²) in [4.78, 5) is 26.8. The van der Waals surface area contributed by atoms with Crippen LogP contribution in [0.15, 0.2) is 24.3 Å². The molecule has 6 nitrogen and oxygen atoms in total. The number of hydrogen-bond donors (Lipinski definition) is 0. The Kier molecular flexibility index (Phi) is 6.15. The van der Waals surface area contributed by atoms with Crippen LogP contribution in [0.5, 0.6) is 0 Å². The Morgan fingerprint density at radius 2 is 2.10 bits per heavy atom. The first-order valence-corrected chi connectivity index (χ1v) is 9.42. The lowest BCUT2D eigenvalue weighted by molar-refractivity contribution is -0.137. The minimum absolute atomic E-state index is 0.0502. The Morgan fingerprint density at radius 1 is 1.33 bits per heavy atom. The molecule has 1 aromatic heterocycles. The summed E-state index contributed by atoms with van der Waals surface area (Å²) >= 11 is 0. The lowest BCUT2D eigenvalue weighted by Gasteiger charge is -2.28. The summed E-state index contributed by atoms with van der Waals surface area (Å²) in [7, 11) is 0. The Bertz CT molecular complexity index is 1010. The molecule has 0 saturated carbocycles. The van der Waals surface area contributed by atoms with Crippen molar-refractivity contribution in [3.05, 3.63) is 52.3 Å². The van der Waals surface area contributed by atoms with Gasteiger partial charge in [0.1, 0.15) is 0 Å².